The van der Waals surface area contributed by atoms with E-state index in [0.29, 0.717) is 12.2 Å². The lowest BCUT2D eigenvalue weighted by atomic mass is 10.3. The molecule has 3 heteroatoms. The average molecular weight is 232 g/mol. The third kappa shape index (κ3) is 7.20. The largest absolute Gasteiger partial charge is 0.381 e. The first kappa shape index (κ1) is 15.9. The highest BCUT2D eigenvalue weighted by atomic mass is 16.5. The van der Waals surface area contributed by atoms with Gasteiger partial charge in [0, 0.05) is 20.8 Å². The highest BCUT2D eigenvalue weighted by molar-refractivity contribution is 4.65. The van der Waals surface area contributed by atoms with Gasteiger partial charge in [0.1, 0.15) is 0 Å². The van der Waals surface area contributed by atoms with Crippen molar-refractivity contribution in [2.45, 2.75) is 58.2 Å². The zero-order valence-corrected chi connectivity index (χ0v) is 11.3. The zero-order valence-electron chi connectivity index (χ0n) is 11.3. The van der Waals surface area contributed by atoms with E-state index in [4.69, 9.17) is 14.2 Å². The smallest absolute Gasteiger partial charge is 0.0826 e. The van der Waals surface area contributed by atoms with Crippen LogP contribution in [0.3, 0.4) is 0 Å². The van der Waals surface area contributed by atoms with Gasteiger partial charge in [0.25, 0.3) is 0 Å². The van der Waals surface area contributed by atoms with Crippen LogP contribution in [-0.2, 0) is 14.2 Å². The van der Waals surface area contributed by atoms with Crippen molar-refractivity contribution in [3.8, 4) is 0 Å². The van der Waals surface area contributed by atoms with E-state index < -0.39 is 0 Å². The van der Waals surface area contributed by atoms with E-state index >= 15 is 0 Å². The average Bonchev–Trinajstić information content (AvgIpc) is 3.05. The predicted molar refractivity (Wildman–Crippen MR) is 66.8 cm³/mol. The molecule has 2 aliphatic rings. The lowest BCUT2D eigenvalue weighted by molar-refractivity contribution is 0.0822. The zero-order chi connectivity index (χ0) is 12.2. The number of hydrogen-bond acceptors (Lipinski definition) is 3. The molecule has 1 saturated heterocycles. The van der Waals surface area contributed by atoms with Gasteiger partial charge in [-0.2, -0.15) is 0 Å². The van der Waals surface area contributed by atoms with Gasteiger partial charge in [-0.05, 0) is 19.3 Å². The lowest BCUT2D eigenvalue weighted by Gasteiger charge is -2.02. The van der Waals surface area contributed by atoms with Crippen LogP contribution in [0.25, 0.3) is 0 Å². The third-order valence-electron chi connectivity index (χ3n) is 2.86. The maximum Gasteiger partial charge on any atom is 0.0826 e. The summed E-state index contributed by atoms with van der Waals surface area (Å²) in [6.45, 7) is 5.66. The molecule has 0 spiro atoms. The molecule has 0 amide bonds. The molecule has 1 aliphatic heterocycles. The molecule has 98 valence electrons. The maximum absolute atomic E-state index is 5.11. The molecule has 1 atom stereocenters. The molecule has 0 aromatic rings. The van der Waals surface area contributed by atoms with Crippen molar-refractivity contribution in [2.24, 2.45) is 0 Å². The van der Waals surface area contributed by atoms with Crippen LogP contribution in [-0.4, -0.2) is 39.6 Å². The monoisotopic (exact) mass is 232 g/mol. The van der Waals surface area contributed by atoms with Gasteiger partial charge >= 0.3 is 0 Å². The first-order valence-electron chi connectivity index (χ1n) is 6.50. The molecule has 1 aliphatic carbocycles. The van der Waals surface area contributed by atoms with Crippen molar-refractivity contribution in [1.82, 2.24) is 0 Å². The Bertz CT molecular complexity index is 111. The van der Waals surface area contributed by atoms with Crippen molar-refractivity contribution in [3.63, 3.8) is 0 Å². The number of rotatable bonds is 2. The van der Waals surface area contributed by atoms with Gasteiger partial charge < -0.3 is 14.2 Å². The van der Waals surface area contributed by atoms with E-state index in [1.165, 1.54) is 25.7 Å². The highest BCUT2D eigenvalue weighted by Gasteiger charge is 2.13. The Labute approximate surface area is 100 Å². The van der Waals surface area contributed by atoms with Gasteiger partial charge in [0.05, 0.1) is 18.8 Å². The second-order valence-corrected chi connectivity index (χ2v) is 3.86. The highest BCUT2D eigenvalue weighted by Crippen LogP contribution is 2.19. The molecule has 0 N–H and O–H groups in total. The molecular weight excluding hydrogens is 204 g/mol. The molecule has 1 unspecified atom stereocenters. The molecule has 2 rings (SSSR count). The van der Waals surface area contributed by atoms with E-state index in [1.807, 2.05) is 13.8 Å². The summed E-state index contributed by atoms with van der Waals surface area (Å²) in [5.74, 6) is 0. The molecule has 1 heterocycles. The quantitative estimate of drug-likeness (QED) is 0.732. The molecule has 3 nitrogen and oxygen atoms in total. The van der Waals surface area contributed by atoms with Crippen molar-refractivity contribution < 1.29 is 14.2 Å². The standard InChI is InChI=1S/C6H12O.C5H10O2.C2H6/c1-7-6-4-2-3-5-6;1-6-5-2-3-7-4-5;1-2/h6H,2-5H2,1H3;5H,2-4H2,1H3;1-2H3. The fourth-order valence-corrected chi connectivity index (χ4v) is 1.82. The second kappa shape index (κ2) is 11.4. The fourth-order valence-electron chi connectivity index (χ4n) is 1.82. The molecule has 16 heavy (non-hydrogen) atoms. The SMILES string of the molecule is CC.COC1CCCC1.COC1CCOC1. The van der Waals surface area contributed by atoms with Crippen LogP contribution in [0.4, 0.5) is 0 Å². The summed E-state index contributed by atoms with van der Waals surface area (Å²) in [6.07, 6.45) is 7.36. The lowest BCUT2D eigenvalue weighted by Crippen LogP contribution is -2.07. The van der Waals surface area contributed by atoms with Crippen LogP contribution in [0.1, 0.15) is 46.0 Å². The topological polar surface area (TPSA) is 27.7 Å². The number of hydrogen-bond donors (Lipinski definition) is 0. The molecule has 2 fully saturated rings. The summed E-state index contributed by atoms with van der Waals surface area (Å²) in [5.41, 5.74) is 0. The van der Waals surface area contributed by atoms with Crippen LogP contribution in [0.15, 0.2) is 0 Å². The van der Waals surface area contributed by atoms with Crippen molar-refractivity contribution in [2.75, 3.05) is 27.4 Å². The Morgan fingerprint density at radius 1 is 0.875 bits per heavy atom. The van der Waals surface area contributed by atoms with Gasteiger partial charge in [-0.25, -0.2) is 0 Å². The Hall–Kier alpha value is -0.120. The van der Waals surface area contributed by atoms with E-state index in [-0.39, 0.29) is 0 Å². The minimum Gasteiger partial charge on any atom is -0.381 e. The molecule has 1 saturated carbocycles. The molecular formula is C13H28O3. The maximum atomic E-state index is 5.11. The summed E-state index contributed by atoms with van der Waals surface area (Å²) in [6, 6.07) is 0. The van der Waals surface area contributed by atoms with Crippen molar-refractivity contribution in [3.05, 3.63) is 0 Å². The van der Waals surface area contributed by atoms with E-state index in [2.05, 4.69) is 0 Å². The van der Waals surface area contributed by atoms with Crippen LogP contribution < -0.4 is 0 Å². The minimum absolute atomic E-state index is 0.375. The first-order chi connectivity index (χ1) is 7.86. The van der Waals surface area contributed by atoms with E-state index in [1.54, 1.807) is 14.2 Å². The Kier molecular flexibility index (Phi) is 11.3. The fraction of sp³-hybridized carbons (Fsp3) is 1.00. The predicted octanol–water partition coefficient (Wildman–Crippen LogP) is 3.02. The summed E-state index contributed by atoms with van der Waals surface area (Å²) >= 11 is 0. The molecule has 0 radical (unpaired) electrons. The summed E-state index contributed by atoms with van der Waals surface area (Å²) in [7, 11) is 3.52. The third-order valence-corrected chi connectivity index (χ3v) is 2.86. The van der Waals surface area contributed by atoms with Crippen LogP contribution in [0, 0.1) is 0 Å². The second-order valence-electron chi connectivity index (χ2n) is 3.86. The molecule has 0 aromatic heterocycles. The van der Waals surface area contributed by atoms with Gasteiger partial charge in [0.15, 0.2) is 0 Å². The van der Waals surface area contributed by atoms with Crippen LogP contribution in [0.5, 0.6) is 0 Å². The van der Waals surface area contributed by atoms with Gasteiger partial charge in [-0.3, -0.25) is 0 Å². The van der Waals surface area contributed by atoms with Crippen LogP contribution in [0.2, 0.25) is 0 Å². The van der Waals surface area contributed by atoms with Crippen molar-refractivity contribution >= 4 is 0 Å². The Morgan fingerprint density at radius 2 is 1.44 bits per heavy atom. The molecule has 0 aromatic carbocycles. The Balaban J connectivity index is 0.000000244. The molecule has 0 bridgehead atoms. The number of ether oxygens (including phenoxy) is 3. The van der Waals surface area contributed by atoms with Gasteiger partial charge in [-0.1, -0.05) is 26.7 Å². The first-order valence-corrected chi connectivity index (χ1v) is 6.50. The number of methoxy groups -OCH3 is 2. The van der Waals surface area contributed by atoms with Gasteiger partial charge in [0.2, 0.25) is 0 Å². The van der Waals surface area contributed by atoms with Crippen molar-refractivity contribution in [1.29, 1.82) is 0 Å². The van der Waals surface area contributed by atoms with Gasteiger partial charge in [-0.15, -0.1) is 0 Å². The van der Waals surface area contributed by atoms with Crippen LogP contribution >= 0.6 is 0 Å². The Morgan fingerprint density at radius 3 is 1.69 bits per heavy atom. The van der Waals surface area contributed by atoms with E-state index in [0.717, 1.165) is 19.6 Å². The summed E-state index contributed by atoms with van der Waals surface area (Å²) < 4.78 is 15.1. The minimum atomic E-state index is 0.375. The normalized spacial score (nSPS) is 24.4. The summed E-state index contributed by atoms with van der Waals surface area (Å²) in [5, 5.41) is 0. The summed E-state index contributed by atoms with van der Waals surface area (Å²) in [4.78, 5) is 0. The van der Waals surface area contributed by atoms with E-state index in [9.17, 15) is 0 Å².